The van der Waals surface area contributed by atoms with Crippen molar-refractivity contribution in [1.82, 2.24) is 0 Å². The summed E-state index contributed by atoms with van der Waals surface area (Å²) < 4.78 is 22.6. The maximum Gasteiger partial charge on any atom is 0.412 e. The number of hydrogen-bond acceptors (Lipinski definition) is 4. The van der Waals surface area contributed by atoms with E-state index in [0.717, 1.165) is 25.7 Å². The highest BCUT2D eigenvalue weighted by atomic mass is 17.0. The quantitative estimate of drug-likeness (QED) is 0.270. The molecule has 0 unspecified atom stereocenters. The first kappa shape index (κ1) is 20.3. The minimum Gasteiger partial charge on any atom is -0.304 e. The van der Waals surface area contributed by atoms with Gasteiger partial charge >= 0.3 is 6.16 Å². The normalized spacial score (nSPS) is 12.8. The summed E-state index contributed by atoms with van der Waals surface area (Å²) in [6.45, 7) is 9.95. The van der Waals surface area contributed by atoms with Crippen molar-refractivity contribution in [2.24, 2.45) is 0 Å². The molecule has 0 spiro atoms. The fraction of sp³-hybridized carbons (Fsp3) is 0.765. The van der Waals surface area contributed by atoms with Gasteiger partial charge < -0.3 is 18.9 Å². The third kappa shape index (κ3) is 10.7. The molecule has 0 aliphatic carbocycles. The summed E-state index contributed by atoms with van der Waals surface area (Å²) in [5, 5.41) is 0. The summed E-state index contributed by atoms with van der Waals surface area (Å²) in [6, 6.07) is 0. The predicted molar refractivity (Wildman–Crippen MR) is 86.0 cm³/mol. The summed E-state index contributed by atoms with van der Waals surface area (Å²) in [5.41, 5.74) is 0. The number of allylic oxidation sites excluding steroid dienone is 2. The molecule has 21 heavy (non-hydrogen) atoms. The lowest BCUT2D eigenvalue weighted by Gasteiger charge is -2.31. The van der Waals surface area contributed by atoms with E-state index in [1.54, 1.807) is 0 Å². The number of hydrogen-bond donors (Lipinski definition) is 0. The van der Waals surface area contributed by atoms with E-state index in [0.29, 0.717) is 26.4 Å². The second kappa shape index (κ2) is 14.3. The van der Waals surface area contributed by atoms with Crippen LogP contribution in [0, 0.1) is 0 Å². The van der Waals surface area contributed by atoms with Gasteiger partial charge in [-0.1, -0.05) is 38.2 Å². The molecular weight excluding hydrogens is 268 g/mol. The van der Waals surface area contributed by atoms with Crippen molar-refractivity contribution >= 4 is 0 Å². The van der Waals surface area contributed by atoms with Gasteiger partial charge in [0.2, 0.25) is 0 Å². The molecule has 0 bridgehead atoms. The standard InChI is InChI=1S/C17H32O4/c1-5-9-11-13-15-20-17(18-7-3,19-8-4)21-16-14-12-10-6-2/h9-12H,5-8,13-16H2,1-4H3. The van der Waals surface area contributed by atoms with Crippen LogP contribution >= 0.6 is 0 Å². The molecule has 0 N–H and O–H groups in total. The fourth-order valence-electron chi connectivity index (χ4n) is 1.68. The van der Waals surface area contributed by atoms with Gasteiger partial charge in [0.1, 0.15) is 0 Å². The molecule has 0 amide bonds. The zero-order chi connectivity index (χ0) is 15.8. The minimum absolute atomic E-state index is 0.468. The summed E-state index contributed by atoms with van der Waals surface area (Å²) >= 11 is 0. The number of ether oxygens (including phenoxy) is 4. The van der Waals surface area contributed by atoms with E-state index in [-0.39, 0.29) is 0 Å². The Hall–Kier alpha value is -0.680. The molecule has 0 rings (SSSR count). The van der Waals surface area contributed by atoms with E-state index < -0.39 is 6.16 Å². The fourth-order valence-corrected chi connectivity index (χ4v) is 1.68. The van der Waals surface area contributed by atoms with Gasteiger partial charge in [0.05, 0.1) is 26.4 Å². The average Bonchev–Trinajstić information content (AvgIpc) is 2.47. The summed E-state index contributed by atoms with van der Waals surface area (Å²) in [7, 11) is 0. The van der Waals surface area contributed by atoms with Crippen molar-refractivity contribution in [3.8, 4) is 0 Å². The van der Waals surface area contributed by atoms with Crippen LogP contribution in [0.3, 0.4) is 0 Å². The highest BCUT2D eigenvalue weighted by Gasteiger charge is 2.34. The number of rotatable bonds is 14. The molecule has 0 radical (unpaired) electrons. The lowest BCUT2D eigenvalue weighted by Crippen LogP contribution is -2.43. The monoisotopic (exact) mass is 300 g/mol. The van der Waals surface area contributed by atoms with E-state index in [1.165, 1.54) is 0 Å². The summed E-state index contributed by atoms with van der Waals surface area (Å²) in [5.74, 6) is 0. The third-order valence-corrected chi connectivity index (χ3v) is 2.57. The highest BCUT2D eigenvalue weighted by Crippen LogP contribution is 2.18. The first-order valence-electron chi connectivity index (χ1n) is 8.10. The molecule has 0 atom stereocenters. The Balaban J connectivity index is 4.35. The Bertz CT molecular complexity index is 246. The minimum atomic E-state index is -1.37. The van der Waals surface area contributed by atoms with E-state index in [2.05, 4.69) is 38.2 Å². The molecule has 0 heterocycles. The lowest BCUT2D eigenvalue weighted by atomic mass is 10.3. The van der Waals surface area contributed by atoms with Crippen LogP contribution in [0.4, 0.5) is 0 Å². The van der Waals surface area contributed by atoms with Crippen molar-refractivity contribution < 1.29 is 18.9 Å². The van der Waals surface area contributed by atoms with Crippen LogP contribution < -0.4 is 0 Å². The van der Waals surface area contributed by atoms with Crippen molar-refractivity contribution in [1.29, 1.82) is 0 Å². The lowest BCUT2D eigenvalue weighted by molar-refractivity contribution is -0.497. The topological polar surface area (TPSA) is 36.9 Å². The first-order chi connectivity index (χ1) is 10.2. The Labute approximate surface area is 130 Å². The molecule has 0 aliphatic heterocycles. The van der Waals surface area contributed by atoms with Crippen LogP contribution in [0.15, 0.2) is 24.3 Å². The van der Waals surface area contributed by atoms with Gasteiger partial charge in [0, 0.05) is 0 Å². The van der Waals surface area contributed by atoms with Crippen molar-refractivity contribution in [3.63, 3.8) is 0 Å². The van der Waals surface area contributed by atoms with E-state index in [9.17, 15) is 0 Å². The van der Waals surface area contributed by atoms with Crippen molar-refractivity contribution in [2.75, 3.05) is 26.4 Å². The van der Waals surface area contributed by atoms with Crippen molar-refractivity contribution in [2.45, 2.75) is 59.5 Å². The van der Waals surface area contributed by atoms with Crippen molar-refractivity contribution in [3.05, 3.63) is 24.3 Å². The first-order valence-corrected chi connectivity index (χ1v) is 8.10. The Morgan fingerprint density at radius 3 is 1.38 bits per heavy atom. The summed E-state index contributed by atoms with van der Waals surface area (Å²) in [4.78, 5) is 0. The predicted octanol–water partition coefficient (Wildman–Crippen LogP) is 4.42. The zero-order valence-electron chi connectivity index (χ0n) is 14.1. The Kier molecular flexibility index (Phi) is 13.8. The van der Waals surface area contributed by atoms with Gasteiger partial charge in [-0.2, -0.15) is 0 Å². The highest BCUT2D eigenvalue weighted by molar-refractivity contribution is 4.80. The van der Waals surface area contributed by atoms with Gasteiger partial charge in [0.15, 0.2) is 0 Å². The molecule has 0 saturated heterocycles. The second-order valence-corrected chi connectivity index (χ2v) is 4.40. The van der Waals surface area contributed by atoms with Crippen LogP contribution in [-0.2, 0) is 18.9 Å². The van der Waals surface area contributed by atoms with Crippen LogP contribution in [-0.4, -0.2) is 32.6 Å². The second-order valence-electron chi connectivity index (χ2n) is 4.40. The SMILES string of the molecule is CCC=CCCOC(OCC)(OCC)OCCC=CCC. The van der Waals surface area contributed by atoms with E-state index in [4.69, 9.17) is 18.9 Å². The summed E-state index contributed by atoms with van der Waals surface area (Å²) in [6.07, 6.45) is 10.7. The van der Waals surface area contributed by atoms with Crippen LogP contribution in [0.1, 0.15) is 53.4 Å². The molecular formula is C17H32O4. The average molecular weight is 300 g/mol. The van der Waals surface area contributed by atoms with E-state index >= 15 is 0 Å². The molecule has 0 saturated carbocycles. The van der Waals surface area contributed by atoms with Gasteiger partial charge in [-0.25, -0.2) is 0 Å². The van der Waals surface area contributed by atoms with Crippen LogP contribution in [0.5, 0.6) is 0 Å². The van der Waals surface area contributed by atoms with E-state index in [1.807, 2.05) is 13.8 Å². The molecule has 4 nitrogen and oxygen atoms in total. The largest absolute Gasteiger partial charge is 0.412 e. The van der Waals surface area contributed by atoms with Gasteiger partial charge in [0.25, 0.3) is 0 Å². The Morgan fingerprint density at radius 2 is 1.05 bits per heavy atom. The van der Waals surface area contributed by atoms with Crippen LogP contribution in [0.2, 0.25) is 0 Å². The molecule has 124 valence electrons. The molecule has 0 fully saturated rings. The third-order valence-electron chi connectivity index (χ3n) is 2.57. The maximum absolute atomic E-state index is 5.72. The molecule has 0 aromatic rings. The smallest absolute Gasteiger partial charge is 0.304 e. The maximum atomic E-state index is 5.72. The molecule has 0 aromatic heterocycles. The Morgan fingerprint density at radius 1 is 0.619 bits per heavy atom. The molecule has 4 heteroatoms. The zero-order valence-corrected chi connectivity index (χ0v) is 14.1. The van der Waals surface area contributed by atoms with Crippen LogP contribution in [0.25, 0.3) is 0 Å². The molecule has 0 aliphatic rings. The van der Waals surface area contributed by atoms with Gasteiger partial charge in [-0.15, -0.1) is 0 Å². The molecule has 0 aromatic carbocycles. The van der Waals surface area contributed by atoms with Gasteiger partial charge in [-0.3, -0.25) is 0 Å². The van der Waals surface area contributed by atoms with Gasteiger partial charge in [-0.05, 0) is 39.5 Å².